The standard InChI is InChI=1S/C31H24ClN5/c1-21-28-29(24-16-8-9-17-25(24)32)36-27-19-11-10-18-26(27)35(20-22-12-4-2-5-13-22)31(36)33-30(28)37(34-21)23-14-6-3-7-15-23/h2-19,29H,20H2,1H3/t29-/m0/s1. The fraction of sp³-hybridized carbons (Fsp3) is 0.0968. The third-order valence-electron chi connectivity index (χ3n) is 7.09. The fourth-order valence-corrected chi connectivity index (χ4v) is 5.69. The maximum atomic E-state index is 6.88. The average molecular weight is 502 g/mol. The summed E-state index contributed by atoms with van der Waals surface area (Å²) in [7, 11) is 0. The molecule has 7 rings (SSSR count). The Morgan fingerprint density at radius 3 is 2.16 bits per heavy atom. The van der Waals surface area contributed by atoms with Crippen LogP contribution >= 0.6 is 11.6 Å². The monoisotopic (exact) mass is 501 g/mol. The molecule has 0 fully saturated rings. The van der Waals surface area contributed by atoms with Gasteiger partial charge in [0.25, 0.3) is 0 Å². The highest BCUT2D eigenvalue weighted by atomic mass is 35.5. The maximum absolute atomic E-state index is 6.88. The van der Waals surface area contributed by atoms with Crippen molar-refractivity contribution >= 4 is 34.8 Å². The van der Waals surface area contributed by atoms with Crippen LogP contribution in [0.1, 0.15) is 28.4 Å². The Bertz CT molecular complexity index is 1640. The summed E-state index contributed by atoms with van der Waals surface area (Å²) in [6.07, 6.45) is 0. The van der Waals surface area contributed by atoms with Gasteiger partial charge in [0, 0.05) is 10.6 Å². The lowest BCUT2D eigenvalue weighted by molar-refractivity contribution is 0.811. The minimum atomic E-state index is -0.171. The lowest BCUT2D eigenvalue weighted by atomic mass is 9.95. The summed E-state index contributed by atoms with van der Waals surface area (Å²) in [5.74, 6) is 1.71. The number of hydrogen-bond acceptors (Lipinski definition) is 4. The molecule has 0 saturated heterocycles. The van der Waals surface area contributed by atoms with Crippen LogP contribution < -0.4 is 9.80 Å². The van der Waals surface area contributed by atoms with Crippen LogP contribution in [0.2, 0.25) is 5.02 Å². The van der Waals surface area contributed by atoms with Crippen LogP contribution in [0.3, 0.4) is 0 Å². The van der Waals surface area contributed by atoms with Gasteiger partial charge in [-0.15, -0.1) is 0 Å². The van der Waals surface area contributed by atoms with E-state index in [4.69, 9.17) is 21.7 Å². The quantitative estimate of drug-likeness (QED) is 0.256. The molecule has 0 radical (unpaired) electrons. The van der Waals surface area contributed by atoms with E-state index in [1.807, 2.05) is 47.1 Å². The zero-order valence-corrected chi connectivity index (χ0v) is 21.0. The van der Waals surface area contributed by atoms with E-state index < -0.39 is 0 Å². The molecule has 1 atom stereocenters. The van der Waals surface area contributed by atoms with Crippen molar-refractivity contribution in [2.75, 3.05) is 9.80 Å². The highest BCUT2D eigenvalue weighted by molar-refractivity contribution is 6.31. The van der Waals surface area contributed by atoms with Gasteiger partial charge in [-0.05, 0) is 48.4 Å². The van der Waals surface area contributed by atoms with Gasteiger partial charge in [0.15, 0.2) is 5.82 Å². The number of aryl methyl sites for hydroxylation is 1. The Labute approximate surface area is 220 Å². The predicted molar refractivity (Wildman–Crippen MR) is 150 cm³/mol. The largest absolute Gasteiger partial charge is 0.305 e. The van der Waals surface area contributed by atoms with Crippen LogP contribution in [0.5, 0.6) is 0 Å². The van der Waals surface area contributed by atoms with E-state index in [1.54, 1.807) is 0 Å². The molecule has 4 aromatic carbocycles. The zero-order valence-electron chi connectivity index (χ0n) is 20.3. The fourth-order valence-electron chi connectivity index (χ4n) is 5.45. The number of aliphatic imine (C=N–C) groups is 1. The number of rotatable bonds is 4. The van der Waals surface area contributed by atoms with Gasteiger partial charge in [-0.1, -0.05) is 90.5 Å². The van der Waals surface area contributed by atoms with Crippen molar-refractivity contribution in [2.24, 2.45) is 4.99 Å². The first-order valence-electron chi connectivity index (χ1n) is 12.4. The molecular weight excluding hydrogens is 478 g/mol. The van der Waals surface area contributed by atoms with E-state index >= 15 is 0 Å². The Balaban J connectivity index is 1.50. The Hall–Kier alpha value is -4.35. The van der Waals surface area contributed by atoms with Crippen molar-refractivity contribution < 1.29 is 0 Å². The molecule has 0 unspecified atom stereocenters. The van der Waals surface area contributed by atoms with E-state index in [0.717, 1.165) is 50.7 Å². The van der Waals surface area contributed by atoms with Gasteiger partial charge >= 0.3 is 0 Å². The molecule has 6 heteroatoms. The summed E-state index contributed by atoms with van der Waals surface area (Å²) in [5, 5.41) is 5.71. The van der Waals surface area contributed by atoms with Crippen molar-refractivity contribution in [3.05, 3.63) is 137 Å². The molecule has 2 aliphatic heterocycles. The minimum absolute atomic E-state index is 0.171. The van der Waals surface area contributed by atoms with Gasteiger partial charge in [-0.2, -0.15) is 10.1 Å². The van der Waals surface area contributed by atoms with Gasteiger partial charge < -0.3 is 4.90 Å². The van der Waals surface area contributed by atoms with Crippen LogP contribution in [0, 0.1) is 6.92 Å². The molecule has 0 aliphatic carbocycles. The third-order valence-corrected chi connectivity index (χ3v) is 7.44. The summed E-state index contributed by atoms with van der Waals surface area (Å²) in [4.78, 5) is 9.95. The van der Waals surface area contributed by atoms with Gasteiger partial charge in [-0.25, -0.2) is 4.68 Å². The predicted octanol–water partition coefficient (Wildman–Crippen LogP) is 7.45. The van der Waals surface area contributed by atoms with Crippen LogP contribution in [-0.4, -0.2) is 15.7 Å². The number of guanidine groups is 1. The second-order valence-corrected chi connectivity index (χ2v) is 9.74. The second kappa shape index (κ2) is 8.64. The van der Waals surface area contributed by atoms with E-state index in [2.05, 4.69) is 83.5 Å². The molecule has 3 heterocycles. The molecule has 0 spiro atoms. The lowest BCUT2D eigenvalue weighted by Crippen LogP contribution is -2.43. The topological polar surface area (TPSA) is 36.7 Å². The smallest absolute Gasteiger partial charge is 0.213 e. The van der Waals surface area contributed by atoms with Crippen LogP contribution in [0.15, 0.2) is 114 Å². The number of fused-ring (bicyclic) bond motifs is 4. The van der Waals surface area contributed by atoms with Gasteiger partial charge in [0.1, 0.15) is 0 Å². The molecule has 37 heavy (non-hydrogen) atoms. The average Bonchev–Trinajstić information content (AvgIpc) is 3.44. The highest BCUT2D eigenvalue weighted by Gasteiger charge is 2.44. The van der Waals surface area contributed by atoms with Crippen molar-refractivity contribution in [3.8, 4) is 5.69 Å². The van der Waals surface area contributed by atoms with Crippen molar-refractivity contribution in [1.82, 2.24) is 9.78 Å². The summed E-state index contributed by atoms with van der Waals surface area (Å²) in [5.41, 5.74) is 7.47. The molecule has 5 aromatic rings. The molecule has 1 aromatic heterocycles. The van der Waals surface area contributed by atoms with Crippen LogP contribution in [0.4, 0.5) is 17.2 Å². The molecular formula is C31H24ClN5. The number of anilines is 2. The lowest BCUT2D eigenvalue weighted by Gasteiger charge is -2.35. The molecule has 2 aliphatic rings. The van der Waals surface area contributed by atoms with Crippen LogP contribution in [-0.2, 0) is 6.54 Å². The number of benzene rings is 4. The number of para-hydroxylation sites is 3. The summed E-state index contributed by atoms with van der Waals surface area (Å²) in [6.45, 7) is 2.77. The first-order valence-corrected chi connectivity index (χ1v) is 12.8. The van der Waals surface area contributed by atoms with E-state index in [9.17, 15) is 0 Å². The Morgan fingerprint density at radius 2 is 1.41 bits per heavy atom. The Morgan fingerprint density at radius 1 is 0.757 bits per heavy atom. The van der Waals surface area contributed by atoms with E-state index in [1.165, 1.54) is 5.56 Å². The number of halogens is 1. The number of nitrogens with zero attached hydrogens (tertiary/aromatic N) is 5. The SMILES string of the molecule is Cc1nn(-c2ccccc2)c2c1[C@H](c1ccccc1Cl)N1C(=N2)N(Cc2ccccc2)c2ccccc21. The highest BCUT2D eigenvalue weighted by Crippen LogP contribution is 2.51. The summed E-state index contributed by atoms with van der Waals surface area (Å²) < 4.78 is 1.96. The maximum Gasteiger partial charge on any atom is 0.213 e. The van der Waals surface area contributed by atoms with Gasteiger partial charge in [0.05, 0.1) is 35.3 Å². The van der Waals surface area contributed by atoms with Crippen LogP contribution in [0.25, 0.3) is 5.69 Å². The first-order chi connectivity index (χ1) is 18.2. The molecule has 0 bridgehead atoms. The number of aromatic nitrogens is 2. The third kappa shape index (κ3) is 3.46. The second-order valence-electron chi connectivity index (χ2n) is 9.34. The Kier molecular flexibility index (Phi) is 5.11. The molecule has 0 N–H and O–H groups in total. The zero-order chi connectivity index (χ0) is 24.9. The first kappa shape index (κ1) is 21.9. The number of hydrogen-bond donors (Lipinski definition) is 0. The van der Waals surface area contributed by atoms with E-state index in [-0.39, 0.29) is 6.04 Å². The summed E-state index contributed by atoms with van der Waals surface area (Å²) in [6, 6.07) is 37.2. The van der Waals surface area contributed by atoms with E-state index in [0.29, 0.717) is 6.54 Å². The van der Waals surface area contributed by atoms with Crippen molar-refractivity contribution in [2.45, 2.75) is 19.5 Å². The molecule has 5 nitrogen and oxygen atoms in total. The molecule has 0 saturated carbocycles. The summed E-state index contributed by atoms with van der Waals surface area (Å²) >= 11 is 6.88. The molecule has 0 amide bonds. The molecule has 180 valence electrons. The van der Waals surface area contributed by atoms with Crippen molar-refractivity contribution in [1.29, 1.82) is 0 Å². The van der Waals surface area contributed by atoms with Crippen molar-refractivity contribution in [3.63, 3.8) is 0 Å². The normalized spacial score (nSPS) is 15.7. The van der Waals surface area contributed by atoms with Gasteiger partial charge in [-0.3, -0.25) is 4.90 Å². The van der Waals surface area contributed by atoms with Gasteiger partial charge in [0.2, 0.25) is 5.96 Å². The minimum Gasteiger partial charge on any atom is -0.305 e.